The van der Waals surface area contributed by atoms with Gasteiger partial charge in [0.2, 0.25) is 0 Å². The number of rotatable bonds is 0. The molecule has 0 aliphatic carbocycles. The second-order valence-corrected chi connectivity index (χ2v) is 2.35. The van der Waals surface area contributed by atoms with E-state index in [9.17, 15) is 5.11 Å². The molecule has 0 bridgehead atoms. The van der Waals surface area contributed by atoms with Crippen molar-refractivity contribution < 1.29 is 62.7 Å². The zero-order valence-corrected chi connectivity index (χ0v) is 10.0. The van der Waals surface area contributed by atoms with Gasteiger partial charge in [-0.15, -0.1) is 5.60 Å². The van der Waals surface area contributed by atoms with Crippen molar-refractivity contribution in [1.82, 2.24) is 0 Å². The summed E-state index contributed by atoms with van der Waals surface area (Å²) in [4.78, 5) is 8.81. The fourth-order valence-electron chi connectivity index (χ4n) is 0. The summed E-state index contributed by atoms with van der Waals surface area (Å²) < 4.78 is 0. The third kappa shape index (κ3) is 305. The zero-order chi connectivity index (χ0) is 7.21. The summed E-state index contributed by atoms with van der Waals surface area (Å²) in [6.45, 7) is 6.34. The van der Waals surface area contributed by atoms with Crippen molar-refractivity contribution in [2.75, 3.05) is 0 Å². The first kappa shape index (κ1) is 16.7. The number of hydrogen-bond acceptors (Lipinski definition) is 2. The Morgan fingerprint density at radius 2 is 1.44 bits per heavy atom. The molecule has 0 saturated heterocycles. The van der Waals surface area contributed by atoms with Crippen LogP contribution in [0.5, 0.6) is 0 Å². The Hall–Kier alpha value is 1.27. The molecule has 0 aromatic heterocycles. The van der Waals surface area contributed by atoms with Gasteiger partial charge in [-0.3, -0.25) is 0 Å². The predicted octanol–water partition coefficient (Wildman–Crippen LogP) is -2.40. The molecule has 0 atom stereocenters. The van der Waals surface area contributed by atoms with Gasteiger partial charge >= 0.3 is 51.4 Å². The number of hydrogen-bond donors (Lipinski definition) is 0. The van der Waals surface area contributed by atoms with Crippen molar-refractivity contribution in [2.45, 2.75) is 33.3 Å². The van der Waals surface area contributed by atoms with Crippen molar-refractivity contribution in [2.24, 2.45) is 0 Å². The molecule has 2 nitrogen and oxygen atoms in total. The van der Waals surface area contributed by atoms with Crippen LogP contribution in [-0.4, -0.2) is 11.9 Å². The van der Waals surface area contributed by atoms with Crippen molar-refractivity contribution in [1.29, 1.82) is 0 Å². The minimum absolute atomic E-state index is 0. The molecule has 0 N–H and O–H groups in total. The Labute approximate surface area is 101 Å². The Morgan fingerprint density at radius 3 is 1.44 bits per heavy atom. The van der Waals surface area contributed by atoms with Crippen LogP contribution in [0.1, 0.15) is 29.1 Å². The third-order valence-electron chi connectivity index (χ3n) is 0. The maximum Gasteiger partial charge on any atom is 1.00 e. The summed E-state index contributed by atoms with van der Waals surface area (Å²) in [7, 11) is 0. The van der Waals surface area contributed by atoms with Crippen molar-refractivity contribution in [3.63, 3.8) is 0 Å². The van der Waals surface area contributed by atoms with Crippen molar-refractivity contribution in [3.05, 3.63) is 0 Å². The molecular weight excluding hydrogens is 143 g/mol. The summed E-state index contributed by atoms with van der Waals surface area (Å²) in [6.07, 6.45) is 0.750. The Bertz CT molecular complexity index is 55.3. The molecule has 0 aromatic rings. The molecule has 0 spiro atoms. The van der Waals surface area contributed by atoms with Crippen LogP contribution in [0.15, 0.2) is 0 Å². The zero-order valence-electron chi connectivity index (χ0n) is 6.89. The van der Waals surface area contributed by atoms with Gasteiger partial charge in [-0.2, -0.15) is 0 Å². The van der Waals surface area contributed by atoms with E-state index in [1.54, 1.807) is 20.8 Å². The van der Waals surface area contributed by atoms with Crippen LogP contribution in [0.3, 0.4) is 0 Å². The van der Waals surface area contributed by atoms with Crippen LogP contribution in [0, 0.1) is 0 Å². The molecule has 0 aliphatic rings. The van der Waals surface area contributed by atoms with E-state index in [0.717, 1.165) is 6.29 Å². The third-order valence-corrected chi connectivity index (χ3v) is 0. The van der Waals surface area contributed by atoms with E-state index in [4.69, 9.17) is 4.79 Å². The molecule has 0 radical (unpaired) electrons. The summed E-state index contributed by atoms with van der Waals surface area (Å²) in [6, 6.07) is 0. The van der Waals surface area contributed by atoms with Gasteiger partial charge in [0.25, 0.3) is 0 Å². The number of carbonyl (C=O) groups excluding carboxylic acids is 1. The molecule has 0 aromatic carbocycles. The van der Waals surface area contributed by atoms with Gasteiger partial charge in [-0.25, -0.2) is 0 Å². The molecule has 0 unspecified atom stereocenters. The maximum atomic E-state index is 10.1. The monoisotopic (exact) mass is 158 g/mol. The summed E-state index contributed by atoms with van der Waals surface area (Å²) >= 11 is 0. The maximum absolute atomic E-state index is 10.1. The van der Waals surface area contributed by atoms with Gasteiger partial charge < -0.3 is 9.90 Å². The van der Waals surface area contributed by atoms with Crippen LogP contribution >= 0.6 is 0 Å². The standard InChI is InChI=1S/C4H9O.C2H4O.K.H2/c1-4(2,3)5;1-2-3;;/h1-3H3;2H,1H3;;1H/q-1;;+1;. The molecule has 9 heavy (non-hydrogen) atoms. The van der Waals surface area contributed by atoms with Gasteiger partial charge in [0.1, 0.15) is 6.29 Å². The summed E-state index contributed by atoms with van der Waals surface area (Å²) in [5, 5.41) is 10.1. The van der Waals surface area contributed by atoms with Crippen LogP contribution in [0.2, 0.25) is 0 Å². The summed E-state index contributed by atoms with van der Waals surface area (Å²) in [5.74, 6) is 0. The van der Waals surface area contributed by atoms with Gasteiger partial charge in [0, 0.05) is 1.43 Å². The van der Waals surface area contributed by atoms with Gasteiger partial charge in [-0.1, -0.05) is 20.8 Å². The van der Waals surface area contributed by atoms with E-state index in [1.807, 2.05) is 0 Å². The predicted molar refractivity (Wildman–Crippen MR) is 33.6 cm³/mol. The number of aldehydes is 1. The Morgan fingerprint density at radius 1 is 1.44 bits per heavy atom. The van der Waals surface area contributed by atoms with Crippen LogP contribution < -0.4 is 56.5 Å². The second kappa shape index (κ2) is 9.27. The molecule has 0 amide bonds. The quantitative estimate of drug-likeness (QED) is 0.291. The molecule has 0 heterocycles. The average Bonchev–Trinajstić information content (AvgIpc) is 1.27. The Balaban J connectivity index is -0.0000000326. The van der Waals surface area contributed by atoms with E-state index in [2.05, 4.69) is 0 Å². The first-order valence-corrected chi connectivity index (χ1v) is 2.52. The number of carbonyl (C=O) groups is 1. The van der Waals surface area contributed by atoms with Crippen molar-refractivity contribution >= 4 is 6.29 Å². The molecule has 0 fully saturated rings. The minimum atomic E-state index is -0.750. The molecule has 0 rings (SSSR count). The van der Waals surface area contributed by atoms with Gasteiger partial charge in [-0.05, 0) is 6.92 Å². The SMILES string of the molecule is CC(C)(C)[O-].CC=O.[HH].[K+]. The van der Waals surface area contributed by atoms with E-state index < -0.39 is 5.60 Å². The van der Waals surface area contributed by atoms with Gasteiger partial charge in [0.05, 0.1) is 0 Å². The topological polar surface area (TPSA) is 40.1 Å². The first-order chi connectivity index (χ1) is 3.41. The van der Waals surface area contributed by atoms with Crippen LogP contribution in [0.25, 0.3) is 0 Å². The molecular formula is C6H15KO2. The van der Waals surface area contributed by atoms with E-state index in [0.29, 0.717) is 0 Å². The average molecular weight is 158 g/mol. The smallest absolute Gasteiger partial charge is 0.850 e. The minimum Gasteiger partial charge on any atom is -0.850 e. The normalized spacial score (nSPS) is 8.11. The molecule has 0 saturated carbocycles. The van der Waals surface area contributed by atoms with Gasteiger partial charge in [0.15, 0.2) is 0 Å². The van der Waals surface area contributed by atoms with E-state index in [-0.39, 0.29) is 52.8 Å². The van der Waals surface area contributed by atoms with Crippen LogP contribution in [0.4, 0.5) is 0 Å². The molecule has 3 heteroatoms. The fraction of sp³-hybridized carbons (Fsp3) is 0.833. The second-order valence-electron chi connectivity index (χ2n) is 2.35. The molecule has 0 aliphatic heterocycles. The fourth-order valence-corrected chi connectivity index (χ4v) is 0. The van der Waals surface area contributed by atoms with E-state index >= 15 is 0 Å². The van der Waals surface area contributed by atoms with Crippen molar-refractivity contribution in [3.8, 4) is 0 Å². The first-order valence-electron chi connectivity index (χ1n) is 2.52. The molecule has 52 valence electrons. The van der Waals surface area contributed by atoms with E-state index in [1.165, 1.54) is 6.92 Å². The Kier molecular flexibility index (Phi) is 17.2. The van der Waals surface area contributed by atoms with Crippen LogP contribution in [-0.2, 0) is 4.79 Å². The summed E-state index contributed by atoms with van der Waals surface area (Å²) in [5.41, 5.74) is -0.750. The largest absolute Gasteiger partial charge is 1.00 e.